The summed E-state index contributed by atoms with van der Waals surface area (Å²) in [6.07, 6.45) is -4.53. The molecule has 1 heterocycles. The van der Waals surface area contributed by atoms with Gasteiger partial charge in [-0.25, -0.2) is 8.78 Å². The van der Waals surface area contributed by atoms with Gasteiger partial charge in [0, 0.05) is 0 Å². The first-order valence-corrected chi connectivity index (χ1v) is 4.47. The van der Waals surface area contributed by atoms with Crippen molar-refractivity contribution in [3.63, 3.8) is 0 Å². The van der Waals surface area contributed by atoms with E-state index in [4.69, 9.17) is 0 Å². The quantitative estimate of drug-likeness (QED) is 0.683. The van der Waals surface area contributed by atoms with Crippen molar-refractivity contribution in [2.45, 2.75) is 11.6 Å². The highest BCUT2D eigenvalue weighted by Gasteiger charge is 2.61. The van der Waals surface area contributed by atoms with Crippen LogP contribution in [0, 0.1) is 11.6 Å². The molecule has 88 valence electrons. The lowest BCUT2D eigenvalue weighted by atomic mass is 9.78. The lowest BCUT2D eigenvalue weighted by molar-refractivity contribution is -0.262. The molecule has 0 bridgehead atoms. The summed E-state index contributed by atoms with van der Waals surface area (Å²) in [6, 6.07) is 2.20. The molecule has 0 atom stereocenters. The van der Waals surface area contributed by atoms with E-state index in [0.29, 0.717) is 12.1 Å². The molecule has 1 aromatic carbocycles. The molecular weight excluding hydrogens is 231 g/mol. The van der Waals surface area contributed by atoms with Gasteiger partial charge in [0.25, 0.3) is 0 Å². The highest BCUT2D eigenvalue weighted by Crippen LogP contribution is 2.46. The van der Waals surface area contributed by atoms with Gasteiger partial charge in [-0.1, -0.05) is 6.07 Å². The number of rotatable bonds is 1. The maximum absolute atomic E-state index is 12.9. The lowest BCUT2D eigenvalue weighted by Crippen LogP contribution is -2.57. The van der Waals surface area contributed by atoms with Gasteiger partial charge in [0.1, 0.15) is 5.41 Å². The molecule has 1 nitrogen and oxygen atoms in total. The highest BCUT2D eigenvalue weighted by molar-refractivity contribution is 5.31. The molecule has 0 N–H and O–H groups in total. The van der Waals surface area contributed by atoms with Crippen LogP contribution in [0.15, 0.2) is 18.2 Å². The SMILES string of the molecule is Fc1ccc(C2(C(F)(F)F)COC2)cc1F. The zero-order valence-electron chi connectivity index (χ0n) is 7.94. The smallest absolute Gasteiger partial charge is 0.379 e. The van der Waals surface area contributed by atoms with Crippen LogP contribution in [0.2, 0.25) is 0 Å². The summed E-state index contributed by atoms with van der Waals surface area (Å²) in [6.45, 7) is -1.11. The molecule has 16 heavy (non-hydrogen) atoms. The molecular formula is C10H7F5O. The Hall–Kier alpha value is -1.17. The van der Waals surface area contributed by atoms with Crippen LogP contribution in [0.3, 0.4) is 0 Å². The van der Waals surface area contributed by atoms with Gasteiger partial charge in [0.05, 0.1) is 13.2 Å². The van der Waals surface area contributed by atoms with Crippen molar-refractivity contribution in [2.24, 2.45) is 0 Å². The maximum Gasteiger partial charge on any atom is 0.402 e. The van der Waals surface area contributed by atoms with Crippen molar-refractivity contribution >= 4 is 0 Å². The van der Waals surface area contributed by atoms with E-state index >= 15 is 0 Å². The van der Waals surface area contributed by atoms with Crippen LogP contribution in [-0.2, 0) is 10.2 Å². The molecule has 0 spiro atoms. The third kappa shape index (κ3) is 1.48. The molecule has 6 heteroatoms. The second-order valence-corrected chi connectivity index (χ2v) is 3.70. The second kappa shape index (κ2) is 3.41. The first-order chi connectivity index (χ1) is 7.37. The fourth-order valence-electron chi connectivity index (χ4n) is 1.59. The van der Waals surface area contributed by atoms with Crippen molar-refractivity contribution in [1.29, 1.82) is 0 Å². The van der Waals surface area contributed by atoms with Crippen LogP contribution in [0.1, 0.15) is 5.56 Å². The molecule has 0 unspecified atom stereocenters. The summed E-state index contributed by atoms with van der Waals surface area (Å²) < 4.78 is 68.4. The Bertz CT molecular complexity index is 408. The van der Waals surface area contributed by atoms with Crippen LogP contribution < -0.4 is 0 Å². The van der Waals surface area contributed by atoms with Crippen LogP contribution in [0.25, 0.3) is 0 Å². The zero-order valence-corrected chi connectivity index (χ0v) is 7.94. The Balaban J connectivity index is 2.45. The summed E-state index contributed by atoms with van der Waals surface area (Å²) >= 11 is 0. The van der Waals surface area contributed by atoms with E-state index in [1.807, 2.05) is 0 Å². The molecule has 0 aliphatic carbocycles. The molecule has 1 aromatic rings. The van der Waals surface area contributed by atoms with Gasteiger partial charge >= 0.3 is 6.18 Å². The molecule has 0 amide bonds. The standard InChI is InChI=1S/C10H7F5O/c11-7-2-1-6(3-8(7)12)9(4-16-5-9)10(13,14)15/h1-3H,4-5H2. The van der Waals surface area contributed by atoms with Crippen LogP contribution in [-0.4, -0.2) is 19.4 Å². The van der Waals surface area contributed by atoms with E-state index in [1.54, 1.807) is 0 Å². The van der Waals surface area contributed by atoms with Gasteiger partial charge in [-0.2, -0.15) is 13.2 Å². The van der Waals surface area contributed by atoms with Crippen molar-refractivity contribution in [3.05, 3.63) is 35.4 Å². The number of benzene rings is 1. The zero-order chi connectivity index (χ0) is 12.0. The van der Waals surface area contributed by atoms with Crippen LogP contribution >= 0.6 is 0 Å². The molecule has 0 radical (unpaired) electrons. The van der Waals surface area contributed by atoms with Crippen molar-refractivity contribution in [3.8, 4) is 0 Å². The monoisotopic (exact) mass is 238 g/mol. The summed E-state index contributed by atoms with van der Waals surface area (Å²) in [4.78, 5) is 0. The van der Waals surface area contributed by atoms with Crippen molar-refractivity contribution < 1.29 is 26.7 Å². The molecule has 1 aliphatic rings. The van der Waals surface area contributed by atoms with Crippen LogP contribution in [0.4, 0.5) is 22.0 Å². The van der Waals surface area contributed by atoms with Crippen molar-refractivity contribution in [2.75, 3.05) is 13.2 Å². The van der Waals surface area contributed by atoms with E-state index in [2.05, 4.69) is 4.74 Å². The second-order valence-electron chi connectivity index (χ2n) is 3.70. The van der Waals surface area contributed by atoms with E-state index in [9.17, 15) is 22.0 Å². The summed E-state index contributed by atoms with van der Waals surface area (Å²) in [5.74, 6) is -2.45. The lowest BCUT2D eigenvalue weighted by Gasteiger charge is -2.42. The first-order valence-electron chi connectivity index (χ1n) is 4.47. The topological polar surface area (TPSA) is 9.23 Å². The number of hydrogen-bond acceptors (Lipinski definition) is 1. The first kappa shape index (κ1) is 11.3. The van der Waals surface area contributed by atoms with E-state index < -0.39 is 36.4 Å². The molecule has 0 aromatic heterocycles. The fourth-order valence-corrected chi connectivity index (χ4v) is 1.59. The average Bonchev–Trinajstić information content (AvgIpc) is 2.06. The number of alkyl halides is 3. The molecule has 1 saturated heterocycles. The van der Waals surface area contributed by atoms with E-state index in [0.717, 1.165) is 6.07 Å². The molecule has 2 rings (SSSR count). The number of hydrogen-bond donors (Lipinski definition) is 0. The van der Waals surface area contributed by atoms with Gasteiger partial charge in [0.2, 0.25) is 0 Å². The van der Waals surface area contributed by atoms with Gasteiger partial charge in [-0.3, -0.25) is 0 Å². The minimum atomic E-state index is -4.53. The Morgan fingerprint density at radius 3 is 2.06 bits per heavy atom. The Labute approximate surface area is 87.8 Å². The minimum Gasteiger partial charge on any atom is -0.379 e. The summed E-state index contributed by atoms with van der Waals surface area (Å²) in [7, 11) is 0. The third-order valence-electron chi connectivity index (χ3n) is 2.71. The minimum absolute atomic E-state index is 0.301. The van der Waals surface area contributed by atoms with Gasteiger partial charge in [-0.05, 0) is 17.7 Å². The summed E-state index contributed by atoms with van der Waals surface area (Å²) in [5.41, 5.74) is -2.49. The highest BCUT2D eigenvalue weighted by atomic mass is 19.4. The predicted molar refractivity (Wildman–Crippen MR) is 44.9 cm³/mol. The number of ether oxygens (including phenoxy) is 1. The normalized spacial score (nSPS) is 19.3. The Morgan fingerprint density at radius 2 is 1.69 bits per heavy atom. The largest absolute Gasteiger partial charge is 0.402 e. The van der Waals surface area contributed by atoms with Gasteiger partial charge in [0.15, 0.2) is 11.6 Å². The van der Waals surface area contributed by atoms with Crippen LogP contribution in [0.5, 0.6) is 0 Å². The predicted octanol–water partition coefficient (Wildman–Crippen LogP) is 2.80. The number of halogens is 5. The van der Waals surface area contributed by atoms with E-state index in [-0.39, 0.29) is 5.56 Å². The average molecular weight is 238 g/mol. The Morgan fingerprint density at radius 1 is 1.06 bits per heavy atom. The van der Waals surface area contributed by atoms with Gasteiger partial charge < -0.3 is 4.74 Å². The van der Waals surface area contributed by atoms with Crippen molar-refractivity contribution in [1.82, 2.24) is 0 Å². The Kier molecular flexibility index (Phi) is 2.41. The van der Waals surface area contributed by atoms with E-state index in [1.165, 1.54) is 0 Å². The molecule has 1 aliphatic heterocycles. The third-order valence-corrected chi connectivity index (χ3v) is 2.71. The van der Waals surface area contributed by atoms with Gasteiger partial charge in [-0.15, -0.1) is 0 Å². The maximum atomic E-state index is 12.9. The summed E-state index contributed by atoms with van der Waals surface area (Å²) in [5, 5.41) is 0. The molecule has 0 saturated carbocycles. The molecule has 1 fully saturated rings. The fraction of sp³-hybridized carbons (Fsp3) is 0.400.